The Labute approximate surface area is 62.7 Å². The molecule has 0 aromatic carbocycles. The smallest absolute Gasteiger partial charge is 0.266 e. The summed E-state index contributed by atoms with van der Waals surface area (Å²) in [7, 11) is 0. The summed E-state index contributed by atoms with van der Waals surface area (Å²) in [6.07, 6.45) is 1.45. The van der Waals surface area contributed by atoms with Crippen molar-refractivity contribution in [2.45, 2.75) is 4.90 Å². The van der Waals surface area contributed by atoms with Crippen LogP contribution in [0.3, 0.4) is 0 Å². The number of nitrogens with zero attached hydrogens (tertiary/aromatic N) is 1. The van der Waals surface area contributed by atoms with Gasteiger partial charge in [0.25, 0.3) is 5.56 Å². The Hall–Kier alpha value is -1.21. The van der Waals surface area contributed by atoms with Crippen LogP contribution in [0.2, 0.25) is 0 Å². The zero-order valence-corrected chi connectivity index (χ0v) is 5.85. The van der Waals surface area contributed by atoms with Gasteiger partial charge >= 0.3 is 0 Å². The van der Waals surface area contributed by atoms with Gasteiger partial charge in [-0.25, -0.2) is 0 Å². The highest BCUT2D eigenvalue weighted by Crippen LogP contribution is 2.04. The molecule has 0 fully saturated rings. The van der Waals surface area contributed by atoms with Gasteiger partial charge < -0.3 is 4.98 Å². The minimum Gasteiger partial charge on any atom is -0.328 e. The molecule has 1 N–H and O–H groups in total. The first-order valence-electron chi connectivity index (χ1n) is 2.56. The minimum absolute atomic E-state index is 0.0610. The summed E-state index contributed by atoms with van der Waals surface area (Å²) in [4.78, 5) is 13.5. The van der Waals surface area contributed by atoms with Crippen molar-refractivity contribution in [2.75, 3.05) is 0 Å². The van der Waals surface area contributed by atoms with Crippen LogP contribution in [0.15, 0.2) is 22.0 Å². The van der Waals surface area contributed by atoms with Crippen molar-refractivity contribution >= 4 is 12.6 Å². The Morgan fingerprint density at radius 1 is 1.70 bits per heavy atom. The van der Waals surface area contributed by atoms with E-state index in [4.69, 9.17) is 5.26 Å². The van der Waals surface area contributed by atoms with Crippen LogP contribution in [0.1, 0.15) is 5.56 Å². The van der Waals surface area contributed by atoms with E-state index in [0.29, 0.717) is 4.90 Å². The van der Waals surface area contributed by atoms with Crippen LogP contribution in [-0.2, 0) is 0 Å². The molecule has 10 heavy (non-hydrogen) atoms. The first-order chi connectivity index (χ1) is 4.75. The Balaban J connectivity index is 3.50. The van der Waals surface area contributed by atoms with Crippen molar-refractivity contribution in [3.8, 4) is 6.07 Å². The highest BCUT2D eigenvalue weighted by molar-refractivity contribution is 7.80. The standard InChI is InChI=1S/C6H4N2OS/c7-3-4-5(10)1-2-8-6(4)9/h1-2H,(H2,8,9,10). The average molecular weight is 152 g/mol. The third-order valence-electron chi connectivity index (χ3n) is 1.05. The second kappa shape index (κ2) is 2.58. The fraction of sp³-hybridized carbons (Fsp3) is 0. The Morgan fingerprint density at radius 3 is 2.80 bits per heavy atom. The summed E-state index contributed by atoms with van der Waals surface area (Å²) in [6, 6.07) is 3.30. The van der Waals surface area contributed by atoms with Gasteiger partial charge in [-0.1, -0.05) is 0 Å². The first kappa shape index (κ1) is 6.90. The zero-order chi connectivity index (χ0) is 7.56. The number of nitrogens with one attached hydrogen (secondary N) is 1. The lowest BCUT2D eigenvalue weighted by molar-refractivity contribution is 1.16. The average Bonchev–Trinajstić information content (AvgIpc) is 1.88. The molecule has 1 aromatic rings. The molecule has 0 radical (unpaired) electrons. The predicted molar refractivity (Wildman–Crippen MR) is 39.0 cm³/mol. The number of aromatic nitrogens is 1. The van der Waals surface area contributed by atoms with E-state index >= 15 is 0 Å². The van der Waals surface area contributed by atoms with Crippen molar-refractivity contribution in [3.05, 3.63) is 28.2 Å². The van der Waals surface area contributed by atoms with Crippen molar-refractivity contribution in [3.63, 3.8) is 0 Å². The van der Waals surface area contributed by atoms with Crippen LogP contribution in [0.25, 0.3) is 0 Å². The molecule has 3 nitrogen and oxygen atoms in total. The summed E-state index contributed by atoms with van der Waals surface area (Å²) in [5.74, 6) is 0. The molecule has 4 heteroatoms. The fourth-order valence-corrected chi connectivity index (χ4v) is 0.802. The molecule has 50 valence electrons. The summed E-state index contributed by atoms with van der Waals surface area (Å²) >= 11 is 3.91. The Kier molecular flexibility index (Phi) is 1.78. The molecule has 1 heterocycles. The lowest BCUT2D eigenvalue weighted by Crippen LogP contribution is -2.08. The van der Waals surface area contributed by atoms with E-state index in [1.165, 1.54) is 6.20 Å². The Bertz CT molecular complexity index is 336. The highest BCUT2D eigenvalue weighted by atomic mass is 32.1. The predicted octanol–water partition coefficient (Wildman–Crippen LogP) is 0.535. The maximum Gasteiger partial charge on any atom is 0.266 e. The van der Waals surface area contributed by atoms with Gasteiger partial charge in [-0.2, -0.15) is 5.26 Å². The third kappa shape index (κ3) is 1.04. The number of pyridine rings is 1. The molecule has 0 saturated carbocycles. The van der Waals surface area contributed by atoms with Crippen LogP contribution < -0.4 is 5.56 Å². The maximum atomic E-state index is 10.7. The highest BCUT2D eigenvalue weighted by Gasteiger charge is 1.99. The second-order valence-corrected chi connectivity index (χ2v) is 2.16. The van der Waals surface area contributed by atoms with Crippen LogP contribution in [0, 0.1) is 11.3 Å². The summed E-state index contributed by atoms with van der Waals surface area (Å²) in [6.45, 7) is 0. The topological polar surface area (TPSA) is 56.6 Å². The van der Waals surface area contributed by atoms with Crippen LogP contribution in [0.4, 0.5) is 0 Å². The number of hydrogen-bond donors (Lipinski definition) is 2. The summed E-state index contributed by atoms with van der Waals surface area (Å²) < 4.78 is 0. The third-order valence-corrected chi connectivity index (χ3v) is 1.42. The van der Waals surface area contributed by atoms with Gasteiger partial charge in [-0.3, -0.25) is 4.79 Å². The molecule has 0 amide bonds. The van der Waals surface area contributed by atoms with Gasteiger partial charge in [0.2, 0.25) is 0 Å². The van der Waals surface area contributed by atoms with Crippen LogP contribution in [0.5, 0.6) is 0 Å². The molecule has 0 aliphatic rings. The number of rotatable bonds is 0. The first-order valence-corrected chi connectivity index (χ1v) is 3.01. The second-order valence-electron chi connectivity index (χ2n) is 1.68. The molecule has 0 atom stereocenters. The zero-order valence-electron chi connectivity index (χ0n) is 4.96. The lowest BCUT2D eigenvalue weighted by atomic mass is 10.3. The number of aromatic amines is 1. The van der Waals surface area contributed by atoms with Gasteiger partial charge in [0.05, 0.1) is 0 Å². The van der Waals surface area contributed by atoms with Crippen molar-refractivity contribution < 1.29 is 0 Å². The molecule has 0 bridgehead atoms. The molecular weight excluding hydrogens is 148 g/mol. The van der Waals surface area contributed by atoms with Crippen LogP contribution in [-0.4, -0.2) is 4.98 Å². The van der Waals surface area contributed by atoms with E-state index < -0.39 is 5.56 Å². The van der Waals surface area contributed by atoms with Gasteiger partial charge in [-0.05, 0) is 6.07 Å². The largest absolute Gasteiger partial charge is 0.328 e. The number of hydrogen-bond acceptors (Lipinski definition) is 3. The molecule has 0 saturated heterocycles. The van der Waals surface area contributed by atoms with E-state index in [0.717, 1.165) is 0 Å². The minimum atomic E-state index is -0.394. The molecule has 0 spiro atoms. The van der Waals surface area contributed by atoms with E-state index in [1.807, 2.05) is 0 Å². The van der Waals surface area contributed by atoms with Crippen LogP contribution >= 0.6 is 12.6 Å². The fourth-order valence-electron chi connectivity index (χ4n) is 0.576. The van der Waals surface area contributed by atoms with Gasteiger partial charge in [0.15, 0.2) is 0 Å². The SMILES string of the molecule is N#Cc1c(S)cc[nH]c1=O. The molecule has 1 rings (SSSR count). The van der Waals surface area contributed by atoms with Gasteiger partial charge in [-0.15, -0.1) is 12.6 Å². The molecule has 1 aromatic heterocycles. The van der Waals surface area contributed by atoms with E-state index in [9.17, 15) is 4.79 Å². The van der Waals surface area contributed by atoms with E-state index in [1.54, 1.807) is 12.1 Å². The summed E-state index contributed by atoms with van der Waals surface area (Å²) in [5.41, 5.74) is -0.333. The monoisotopic (exact) mass is 152 g/mol. The lowest BCUT2D eigenvalue weighted by Gasteiger charge is -1.89. The Morgan fingerprint density at radius 2 is 2.40 bits per heavy atom. The maximum absolute atomic E-state index is 10.7. The van der Waals surface area contributed by atoms with Crippen molar-refractivity contribution in [1.29, 1.82) is 5.26 Å². The molecule has 0 unspecified atom stereocenters. The quantitative estimate of drug-likeness (QED) is 0.533. The van der Waals surface area contributed by atoms with E-state index in [2.05, 4.69) is 17.6 Å². The number of nitriles is 1. The molecule has 0 aliphatic heterocycles. The van der Waals surface area contributed by atoms with Gasteiger partial charge in [0.1, 0.15) is 11.6 Å². The summed E-state index contributed by atoms with van der Waals surface area (Å²) in [5, 5.41) is 8.38. The van der Waals surface area contributed by atoms with Crippen molar-refractivity contribution in [1.82, 2.24) is 4.98 Å². The number of H-pyrrole nitrogens is 1. The van der Waals surface area contributed by atoms with Crippen molar-refractivity contribution in [2.24, 2.45) is 0 Å². The van der Waals surface area contributed by atoms with Gasteiger partial charge in [0, 0.05) is 11.1 Å². The molecular formula is C6H4N2OS. The molecule has 0 aliphatic carbocycles. The normalized spacial score (nSPS) is 8.80. The van der Waals surface area contributed by atoms with E-state index in [-0.39, 0.29) is 5.56 Å². The number of thiol groups is 1.